The Hall–Kier alpha value is 1.03. The molecule has 0 radical (unpaired) electrons. The Bertz CT molecular complexity index is 370. The molecule has 0 bridgehead atoms. The van der Waals surface area contributed by atoms with Gasteiger partial charge in [0.05, 0.1) is 6.42 Å². The van der Waals surface area contributed by atoms with E-state index < -0.39 is 38.6 Å². The van der Waals surface area contributed by atoms with Crippen molar-refractivity contribution in [2.45, 2.75) is 24.8 Å². The second-order valence-corrected chi connectivity index (χ2v) is 17.1. The van der Waals surface area contributed by atoms with E-state index in [-0.39, 0.29) is 29.6 Å². The normalized spacial score (nSPS) is 12.6. The Morgan fingerprint density at radius 2 is 1.61 bits per heavy atom. The molecular formula is C6H12Na2O8SSi. The molecule has 0 aromatic carbocycles. The van der Waals surface area contributed by atoms with Crippen LogP contribution in [0.25, 0.3) is 0 Å². The van der Waals surface area contributed by atoms with Gasteiger partial charge in [0.1, 0.15) is 0 Å². The zero-order chi connectivity index (χ0) is 14.4. The van der Waals surface area contributed by atoms with Crippen molar-refractivity contribution in [2.24, 2.45) is 0 Å². The Morgan fingerprint density at radius 1 is 1.33 bits per heavy atom. The minimum Gasteiger partial charge on any atom is -0.481 e. The molecule has 18 heavy (non-hydrogen) atoms. The fraction of sp³-hybridized carbons (Fsp3) is 0.667. The molecule has 1 atom stereocenters. The zero-order valence-corrected chi connectivity index (χ0v) is 16.4. The van der Waals surface area contributed by atoms with Crippen LogP contribution in [-0.4, -0.2) is 72.3 Å². The molecule has 0 saturated heterocycles. The summed E-state index contributed by atoms with van der Waals surface area (Å²) in [5.74, 6) is -3.50. The van der Waals surface area contributed by atoms with E-state index in [0.717, 1.165) is 27.0 Å². The largest absolute Gasteiger partial charge is 1.00 e. The van der Waals surface area contributed by atoms with E-state index in [1.807, 2.05) is 13.1 Å². The number of hydrogen-bond acceptors (Lipinski definition) is 5. The van der Waals surface area contributed by atoms with E-state index in [1.54, 1.807) is 0 Å². The molecule has 0 heterocycles. The Morgan fingerprint density at radius 3 is 1.67 bits per heavy atom. The maximum Gasteiger partial charge on any atom is 1.00 e. The predicted molar refractivity (Wildman–Crippen MR) is 58.5 cm³/mol. The summed E-state index contributed by atoms with van der Waals surface area (Å²) in [7, 11) is -4.84. The smallest absolute Gasteiger partial charge is 0.481 e. The first kappa shape index (κ1) is 24.1. The van der Waals surface area contributed by atoms with Crippen LogP contribution in [0.1, 0.15) is 6.42 Å². The van der Waals surface area contributed by atoms with Crippen LogP contribution in [0.2, 0.25) is 13.1 Å². The third-order valence-corrected chi connectivity index (χ3v) is 2.08. The predicted octanol–water partition coefficient (Wildman–Crippen LogP) is -4.98. The van der Waals surface area contributed by atoms with Gasteiger partial charge in [-0.25, -0.2) is 0 Å². The average Bonchev–Trinajstić information content (AvgIpc) is 1.93. The fourth-order valence-electron chi connectivity index (χ4n) is 0.479. The Kier molecular flexibility index (Phi) is 13.2. The molecule has 0 amide bonds. The molecule has 3 N–H and O–H groups in total. The first-order chi connectivity index (χ1) is 7.25. The standard InChI is InChI=1S/C4H6O7S.C2H6OSi.2Na/c5-3(6)1-2(4(7)8)12(9,10)11;1-4(2)3;;/h2H,1H2,(H,5,6)(H,7,8)(H,9,10,11);1-2H3;;/q;-1;;+1. The summed E-state index contributed by atoms with van der Waals surface area (Å²) >= 11 is 0.891. The molecule has 0 aliphatic rings. The molecule has 8 nitrogen and oxygen atoms in total. The quantitative estimate of drug-likeness (QED) is 0.344. The monoisotopic (exact) mass is 318 g/mol. The molecule has 0 aromatic heterocycles. The summed E-state index contributed by atoms with van der Waals surface area (Å²) in [6, 6.07) is 0. The van der Waals surface area contributed by atoms with Crippen molar-refractivity contribution in [3.63, 3.8) is 0 Å². The van der Waals surface area contributed by atoms with Gasteiger partial charge in [-0.2, -0.15) is 8.42 Å². The second kappa shape index (κ2) is 9.86. The van der Waals surface area contributed by atoms with Gasteiger partial charge in [0.15, 0.2) is 5.25 Å². The molecule has 0 aliphatic carbocycles. The summed E-state index contributed by atoms with van der Waals surface area (Å²) in [6.45, 7) is 3.67. The van der Waals surface area contributed by atoms with Gasteiger partial charge in [-0.1, -0.05) is 0 Å². The Balaban J connectivity index is -0.000000321. The second-order valence-electron chi connectivity index (χ2n) is 4.05. The molecular weight excluding hydrogens is 306 g/mol. The first-order valence-corrected chi connectivity index (χ1v) is 12.3. The maximum atomic E-state index is 10.3. The summed E-state index contributed by atoms with van der Waals surface area (Å²) in [4.78, 5) is 28.6. The minimum absolute atomic E-state index is 0. The van der Waals surface area contributed by atoms with E-state index in [1.165, 1.54) is 0 Å². The maximum absolute atomic E-state index is 10.3. The van der Waals surface area contributed by atoms with E-state index in [2.05, 4.69) is 0 Å². The fourth-order valence-corrected chi connectivity index (χ4v) is 1.09. The number of rotatable bonds is 4. The van der Waals surface area contributed by atoms with Crippen molar-refractivity contribution in [3.05, 3.63) is 0 Å². The third kappa shape index (κ3) is 19.4. The topological polar surface area (TPSA) is 152 Å². The van der Waals surface area contributed by atoms with Crippen LogP contribution in [0, 0.1) is 0 Å². The zero-order valence-electron chi connectivity index (χ0n) is 10.6. The van der Waals surface area contributed by atoms with Gasteiger partial charge in [0, 0.05) is 0 Å². The van der Waals surface area contributed by atoms with Crippen LogP contribution < -0.4 is 34.4 Å². The van der Waals surface area contributed by atoms with Gasteiger partial charge in [-0.3, -0.25) is 14.1 Å². The van der Waals surface area contributed by atoms with Crippen molar-refractivity contribution < 1.29 is 67.1 Å². The number of carboxylic acids is 2. The van der Waals surface area contributed by atoms with Gasteiger partial charge < -0.3 is 10.2 Å². The van der Waals surface area contributed by atoms with Crippen LogP contribution in [0.15, 0.2) is 0 Å². The van der Waals surface area contributed by atoms with Crippen LogP contribution in [-0.2, 0) is 19.7 Å². The summed E-state index contributed by atoms with van der Waals surface area (Å²) in [5, 5.41) is 13.9. The summed E-state index contributed by atoms with van der Waals surface area (Å²) in [6.07, 6.45) is -1.16. The van der Waals surface area contributed by atoms with E-state index in [4.69, 9.17) is 14.8 Å². The van der Waals surface area contributed by atoms with E-state index in [9.17, 15) is 22.8 Å². The third-order valence-electron chi connectivity index (χ3n) is 0.995. The van der Waals surface area contributed by atoms with Gasteiger partial charge in [-0.05, 0) is 0 Å². The first-order valence-electron chi connectivity index (χ1n) is 4.36. The minimum atomic E-state index is -4.84. The van der Waals surface area contributed by atoms with Crippen molar-refractivity contribution in [2.75, 3.05) is 0 Å². The molecule has 0 rings (SSSR count). The summed E-state index contributed by atoms with van der Waals surface area (Å²) in [5.41, 5.74) is 0. The average molecular weight is 318 g/mol. The van der Waals surface area contributed by atoms with Crippen molar-refractivity contribution in [1.82, 2.24) is 0 Å². The van der Waals surface area contributed by atoms with Crippen LogP contribution >= 0.6 is 0 Å². The Labute approximate surface area is 144 Å². The van der Waals surface area contributed by atoms with Crippen LogP contribution in [0.5, 0.6) is 0 Å². The van der Waals surface area contributed by atoms with Gasteiger partial charge in [0.2, 0.25) is 0 Å². The van der Waals surface area contributed by atoms with Crippen molar-refractivity contribution >= 4 is 54.0 Å². The molecule has 0 aliphatic heterocycles. The van der Waals surface area contributed by atoms with Crippen molar-refractivity contribution in [1.29, 1.82) is 0 Å². The van der Waals surface area contributed by atoms with Gasteiger partial charge in [-0.15, -0.1) is 0 Å². The van der Waals surface area contributed by atoms with Crippen LogP contribution in [0.3, 0.4) is 0 Å². The van der Waals surface area contributed by atoms with Gasteiger partial charge in [0.25, 0.3) is 10.1 Å². The molecule has 0 aromatic rings. The number of aliphatic carboxylic acids is 2. The molecule has 0 saturated carbocycles. The number of carboxylic acid groups (broad SMARTS) is 2. The molecule has 0 fully saturated rings. The van der Waals surface area contributed by atoms with Crippen LogP contribution in [0.4, 0.5) is 0 Å². The molecule has 96 valence electrons. The summed E-state index contributed by atoms with van der Waals surface area (Å²) < 4.78 is 28.7. The molecule has 1 unspecified atom stereocenters. The van der Waals surface area contributed by atoms with Gasteiger partial charge >= 0.3 is 91.3 Å². The van der Waals surface area contributed by atoms with Crippen molar-refractivity contribution in [3.8, 4) is 0 Å². The SMILES string of the molecule is C[Si](C)([O-])[Na].O=C(O)CC(C(=O)O)S(=O)(=O)O.[Na+]. The van der Waals surface area contributed by atoms with E-state index >= 15 is 0 Å². The van der Waals surface area contributed by atoms with E-state index in [0.29, 0.717) is 0 Å². The molecule has 12 heteroatoms. The molecule has 0 spiro atoms. The number of carbonyl (C=O) groups is 2. The number of hydrogen-bond donors (Lipinski definition) is 3.